The summed E-state index contributed by atoms with van der Waals surface area (Å²) in [4.78, 5) is 38.8. The first-order valence-electron chi connectivity index (χ1n) is 10.0. The smallest absolute Gasteiger partial charge is 0.271 e. The lowest BCUT2D eigenvalue weighted by Gasteiger charge is -2.19. The Morgan fingerprint density at radius 1 is 0.933 bits per heavy atom. The molecule has 2 aromatic rings. The summed E-state index contributed by atoms with van der Waals surface area (Å²) in [5.74, 6) is -1.43. The quantitative estimate of drug-likeness (QED) is 0.477. The molecule has 7 heteroatoms. The Hall–Kier alpha value is -3.35. The normalized spacial score (nSPS) is 21.5. The van der Waals surface area contributed by atoms with Crippen LogP contribution in [0.5, 0.6) is 0 Å². The molecule has 1 saturated heterocycles. The van der Waals surface area contributed by atoms with Gasteiger partial charge in [-0.3, -0.25) is 19.3 Å². The number of amides is 3. The third-order valence-electron chi connectivity index (χ3n) is 5.82. The Labute approximate surface area is 173 Å². The molecule has 2 unspecified atom stereocenters. The van der Waals surface area contributed by atoms with Gasteiger partial charge in [-0.1, -0.05) is 25.0 Å². The van der Waals surface area contributed by atoms with E-state index in [1.807, 2.05) is 0 Å². The summed E-state index contributed by atoms with van der Waals surface area (Å²) in [6.07, 6.45) is 3.55. The van der Waals surface area contributed by atoms with Crippen molar-refractivity contribution in [2.45, 2.75) is 32.6 Å². The van der Waals surface area contributed by atoms with Gasteiger partial charge in [-0.15, -0.1) is 0 Å². The van der Waals surface area contributed by atoms with E-state index in [9.17, 15) is 18.8 Å². The lowest BCUT2D eigenvalue weighted by atomic mass is 9.81. The van der Waals surface area contributed by atoms with E-state index in [4.69, 9.17) is 0 Å². The van der Waals surface area contributed by atoms with Crippen molar-refractivity contribution in [3.05, 3.63) is 65.5 Å². The van der Waals surface area contributed by atoms with Gasteiger partial charge in [-0.25, -0.2) is 9.82 Å². The Kier molecular flexibility index (Phi) is 5.44. The fourth-order valence-corrected chi connectivity index (χ4v) is 4.13. The summed E-state index contributed by atoms with van der Waals surface area (Å²) < 4.78 is 13.0. The summed E-state index contributed by atoms with van der Waals surface area (Å²) in [5.41, 5.74) is 4.61. The summed E-state index contributed by atoms with van der Waals surface area (Å²) in [6.45, 7) is 1.74. The zero-order chi connectivity index (χ0) is 21.3. The lowest BCUT2D eigenvalue weighted by molar-refractivity contribution is -0.122. The zero-order valence-electron chi connectivity index (χ0n) is 16.6. The fraction of sp³-hybridized carbons (Fsp3) is 0.304. The van der Waals surface area contributed by atoms with Crippen LogP contribution in [0.1, 0.15) is 48.5 Å². The maximum absolute atomic E-state index is 13.0. The predicted octanol–water partition coefficient (Wildman–Crippen LogP) is 3.66. The third kappa shape index (κ3) is 3.75. The molecule has 4 rings (SSSR count). The van der Waals surface area contributed by atoms with Crippen molar-refractivity contribution in [3.63, 3.8) is 0 Å². The second-order valence-corrected chi connectivity index (χ2v) is 7.70. The number of nitrogens with one attached hydrogen (secondary N) is 1. The second-order valence-electron chi connectivity index (χ2n) is 7.70. The van der Waals surface area contributed by atoms with E-state index in [0.29, 0.717) is 17.0 Å². The highest BCUT2D eigenvalue weighted by Crippen LogP contribution is 2.40. The van der Waals surface area contributed by atoms with Gasteiger partial charge in [0, 0.05) is 5.56 Å². The monoisotopic (exact) mass is 407 g/mol. The van der Waals surface area contributed by atoms with Crippen molar-refractivity contribution in [1.29, 1.82) is 0 Å². The first-order valence-corrected chi connectivity index (χ1v) is 10.0. The minimum atomic E-state index is -0.443. The molecule has 2 aliphatic rings. The Morgan fingerprint density at radius 2 is 1.47 bits per heavy atom. The van der Waals surface area contributed by atoms with Crippen LogP contribution in [0.4, 0.5) is 10.1 Å². The second kappa shape index (κ2) is 8.18. The number of hydrogen-bond acceptors (Lipinski definition) is 4. The molecule has 1 N–H and O–H groups in total. The molecule has 0 bridgehead atoms. The van der Waals surface area contributed by atoms with Gasteiger partial charge in [0.05, 0.1) is 23.2 Å². The highest BCUT2D eigenvalue weighted by molar-refractivity contribution is 6.22. The van der Waals surface area contributed by atoms with Crippen LogP contribution in [0.15, 0.2) is 53.6 Å². The molecule has 1 aliphatic heterocycles. The van der Waals surface area contributed by atoms with E-state index in [1.54, 1.807) is 31.2 Å². The van der Waals surface area contributed by atoms with Gasteiger partial charge < -0.3 is 0 Å². The lowest BCUT2D eigenvalue weighted by Crippen LogP contribution is -2.30. The van der Waals surface area contributed by atoms with Gasteiger partial charge in [-0.05, 0) is 61.7 Å². The van der Waals surface area contributed by atoms with E-state index in [2.05, 4.69) is 10.5 Å². The predicted molar refractivity (Wildman–Crippen MR) is 110 cm³/mol. The van der Waals surface area contributed by atoms with E-state index >= 15 is 0 Å². The van der Waals surface area contributed by atoms with E-state index in [0.717, 1.165) is 31.2 Å². The molecule has 3 amide bonds. The van der Waals surface area contributed by atoms with Crippen molar-refractivity contribution in [2.24, 2.45) is 16.9 Å². The topological polar surface area (TPSA) is 78.8 Å². The average Bonchev–Trinajstić information content (AvgIpc) is 3.03. The molecule has 1 saturated carbocycles. The number of fused-ring (bicyclic) bond motifs is 1. The van der Waals surface area contributed by atoms with Gasteiger partial charge in [0.15, 0.2) is 0 Å². The minimum Gasteiger partial charge on any atom is -0.274 e. The summed E-state index contributed by atoms with van der Waals surface area (Å²) in [5, 5.41) is 4.09. The third-order valence-corrected chi connectivity index (χ3v) is 5.82. The number of carbonyl (C=O) groups excluding carboxylic acids is 3. The average molecular weight is 407 g/mol. The Balaban J connectivity index is 1.46. The van der Waals surface area contributed by atoms with Crippen LogP contribution < -0.4 is 10.3 Å². The van der Waals surface area contributed by atoms with Crippen LogP contribution in [0.25, 0.3) is 0 Å². The number of hydrogen-bond donors (Lipinski definition) is 1. The summed E-state index contributed by atoms with van der Waals surface area (Å²) in [6, 6.07) is 12.2. The number of nitrogens with zero attached hydrogens (tertiary/aromatic N) is 2. The highest BCUT2D eigenvalue weighted by Gasteiger charge is 2.48. The van der Waals surface area contributed by atoms with Crippen LogP contribution in [0.3, 0.4) is 0 Å². The minimum absolute atomic E-state index is 0.102. The van der Waals surface area contributed by atoms with Gasteiger partial charge >= 0.3 is 0 Å². The van der Waals surface area contributed by atoms with Gasteiger partial charge in [0.1, 0.15) is 5.82 Å². The molecule has 0 spiro atoms. The van der Waals surface area contributed by atoms with Crippen LogP contribution >= 0.6 is 0 Å². The van der Waals surface area contributed by atoms with Crippen LogP contribution in [-0.2, 0) is 9.59 Å². The van der Waals surface area contributed by atoms with Crippen LogP contribution in [0, 0.1) is 17.7 Å². The van der Waals surface area contributed by atoms with Crippen molar-refractivity contribution >= 4 is 29.1 Å². The SMILES string of the molecule is C/C(=N/NC(=O)c1ccc(F)cc1)c1ccc(N2C(=O)C3CCCCC3C2=O)cc1. The van der Waals surface area contributed by atoms with Crippen molar-refractivity contribution < 1.29 is 18.8 Å². The zero-order valence-corrected chi connectivity index (χ0v) is 16.6. The molecular formula is C23H22FN3O3. The molecule has 0 aromatic heterocycles. The fourth-order valence-electron chi connectivity index (χ4n) is 4.13. The number of anilines is 1. The molecule has 0 radical (unpaired) electrons. The Bertz CT molecular complexity index is 991. The number of halogens is 1. The molecule has 2 atom stereocenters. The van der Waals surface area contributed by atoms with Gasteiger partial charge in [0.2, 0.25) is 11.8 Å². The number of benzene rings is 2. The molecule has 30 heavy (non-hydrogen) atoms. The van der Waals surface area contributed by atoms with Gasteiger partial charge in [-0.2, -0.15) is 5.10 Å². The molecule has 2 fully saturated rings. The number of hydrazone groups is 1. The summed E-state index contributed by atoms with van der Waals surface area (Å²) >= 11 is 0. The number of imide groups is 1. The molecule has 154 valence electrons. The van der Waals surface area contributed by atoms with Crippen LogP contribution in [0.2, 0.25) is 0 Å². The maximum Gasteiger partial charge on any atom is 0.271 e. The molecule has 1 heterocycles. The maximum atomic E-state index is 13.0. The van der Waals surface area contributed by atoms with Crippen molar-refractivity contribution in [2.75, 3.05) is 4.90 Å². The van der Waals surface area contributed by atoms with Crippen LogP contribution in [-0.4, -0.2) is 23.4 Å². The first kappa shape index (κ1) is 19.9. The standard InChI is InChI=1S/C23H22FN3O3/c1-14(25-26-21(28)16-6-10-17(24)11-7-16)15-8-12-18(13-9-15)27-22(29)19-4-2-3-5-20(19)23(27)30/h6-13,19-20H,2-5H2,1H3,(H,26,28)/b25-14-. The number of carbonyl (C=O) groups is 3. The van der Waals surface area contributed by atoms with E-state index < -0.39 is 11.7 Å². The van der Waals surface area contributed by atoms with Crippen molar-refractivity contribution in [1.82, 2.24) is 5.43 Å². The molecule has 6 nitrogen and oxygen atoms in total. The first-order chi connectivity index (χ1) is 14.5. The molecule has 1 aliphatic carbocycles. The largest absolute Gasteiger partial charge is 0.274 e. The molecular weight excluding hydrogens is 385 g/mol. The summed E-state index contributed by atoms with van der Waals surface area (Å²) in [7, 11) is 0. The highest BCUT2D eigenvalue weighted by atomic mass is 19.1. The van der Waals surface area contributed by atoms with E-state index in [-0.39, 0.29) is 23.7 Å². The molecule has 2 aromatic carbocycles. The number of rotatable bonds is 4. The van der Waals surface area contributed by atoms with Gasteiger partial charge in [0.25, 0.3) is 5.91 Å². The Morgan fingerprint density at radius 3 is 2.03 bits per heavy atom. The van der Waals surface area contributed by atoms with Crippen molar-refractivity contribution in [3.8, 4) is 0 Å². The van der Waals surface area contributed by atoms with E-state index in [1.165, 1.54) is 29.2 Å².